The van der Waals surface area contributed by atoms with Crippen molar-refractivity contribution in [2.75, 3.05) is 7.11 Å². The quantitative estimate of drug-likeness (QED) is 0.434. The van der Waals surface area contributed by atoms with Gasteiger partial charge in [0.25, 0.3) is 0 Å². The molecule has 0 bridgehead atoms. The molecule has 0 aliphatic rings. The molecule has 6 nitrogen and oxygen atoms in total. The molecule has 0 fully saturated rings. The standard InChI is InChI=1S/C8H6N2O4S/c1-4-5(3-9)6(8(11)14-2)7(15-4)10(12)13/h1-2H3. The van der Waals surface area contributed by atoms with Crippen LogP contribution < -0.4 is 0 Å². The van der Waals surface area contributed by atoms with Crippen LogP contribution >= 0.6 is 11.3 Å². The summed E-state index contributed by atoms with van der Waals surface area (Å²) in [6.45, 7) is 1.54. The maximum absolute atomic E-state index is 11.3. The molecule has 0 aromatic carbocycles. The molecule has 0 saturated heterocycles. The van der Waals surface area contributed by atoms with E-state index in [0.717, 1.165) is 18.4 Å². The van der Waals surface area contributed by atoms with E-state index in [1.54, 1.807) is 13.0 Å². The van der Waals surface area contributed by atoms with E-state index < -0.39 is 10.9 Å². The number of hydrogen-bond acceptors (Lipinski definition) is 6. The molecule has 0 spiro atoms. The number of aryl methyl sites for hydroxylation is 1. The van der Waals surface area contributed by atoms with Crippen LogP contribution in [0, 0.1) is 28.4 Å². The van der Waals surface area contributed by atoms with Crippen molar-refractivity contribution in [1.29, 1.82) is 5.26 Å². The van der Waals surface area contributed by atoms with Crippen molar-refractivity contribution < 1.29 is 14.5 Å². The molecule has 0 aliphatic heterocycles. The van der Waals surface area contributed by atoms with E-state index in [4.69, 9.17) is 5.26 Å². The average molecular weight is 226 g/mol. The Balaban J connectivity index is 3.50. The highest BCUT2D eigenvalue weighted by atomic mass is 32.1. The molecule has 1 aromatic rings. The molecule has 0 aliphatic carbocycles. The minimum absolute atomic E-state index is 0.0125. The smallest absolute Gasteiger partial charge is 0.347 e. The molecule has 0 N–H and O–H groups in total. The molecule has 1 heterocycles. The maximum atomic E-state index is 11.3. The number of rotatable bonds is 2. The number of carbonyl (C=O) groups is 1. The minimum atomic E-state index is -0.859. The molecule has 0 radical (unpaired) electrons. The van der Waals surface area contributed by atoms with Crippen LogP contribution in [-0.4, -0.2) is 18.0 Å². The van der Waals surface area contributed by atoms with Crippen molar-refractivity contribution in [1.82, 2.24) is 0 Å². The molecular formula is C8H6N2O4S. The van der Waals surface area contributed by atoms with Crippen LogP contribution in [0.15, 0.2) is 0 Å². The SMILES string of the molecule is COC(=O)c1c([N+](=O)[O-])sc(C)c1C#N. The number of nitriles is 1. The number of nitro groups is 1. The van der Waals surface area contributed by atoms with Gasteiger partial charge in [-0.15, -0.1) is 0 Å². The third-order valence-electron chi connectivity index (χ3n) is 1.73. The van der Waals surface area contributed by atoms with Crippen LogP contribution in [0.1, 0.15) is 20.8 Å². The van der Waals surface area contributed by atoms with Crippen LogP contribution in [0.25, 0.3) is 0 Å². The van der Waals surface area contributed by atoms with Gasteiger partial charge in [-0.25, -0.2) is 4.79 Å². The lowest BCUT2D eigenvalue weighted by Gasteiger charge is -1.95. The number of hydrogen-bond donors (Lipinski definition) is 0. The van der Waals surface area contributed by atoms with Crippen LogP contribution in [0.2, 0.25) is 0 Å². The van der Waals surface area contributed by atoms with Crippen molar-refractivity contribution in [3.8, 4) is 6.07 Å². The van der Waals surface area contributed by atoms with Gasteiger partial charge in [0, 0.05) is 4.88 Å². The molecule has 15 heavy (non-hydrogen) atoms. The van der Waals surface area contributed by atoms with Gasteiger partial charge in [-0.3, -0.25) is 10.1 Å². The van der Waals surface area contributed by atoms with Crippen LogP contribution in [0.3, 0.4) is 0 Å². The summed E-state index contributed by atoms with van der Waals surface area (Å²) in [5.74, 6) is -0.859. The highest BCUT2D eigenvalue weighted by Gasteiger charge is 2.30. The predicted octanol–water partition coefficient (Wildman–Crippen LogP) is 1.62. The van der Waals surface area contributed by atoms with E-state index in [-0.39, 0.29) is 16.1 Å². The van der Waals surface area contributed by atoms with E-state index in [1.807, 2.05) is 0 Å². The second kappa shape index (κ2) is 4.06. The predicted molar refractivity (Wildman–Crippen MR) is 51.8 cm³/mol. The van der Waals surface area contributed by atoms with Crippen molar-refractivity contribution in [3.05, 3.63) is 26.1 Å². The zero-order chi connectivity index (χ0) is 11.6. The zero-order valence-electron chi connectivity index (χ0n) is 7.94. The fraction of sp³-hybridized carbons (Fsp3) is 0.250. The Morgan fingerprint density at radius 1 is 1.67 bits per heavy atom. The summed E-state index contributed by atoms with van der Waals surface area (Å²) in [7, 11) is 1.11. The molecule has 0 atom stereocenters. The summed E-state index contributed by atoms with van der Waals surface area (Å²) in [6, 6.07) is 1.76. The fourth-order valence-electron chi connectivity index (χ4n) is 1.08. The third kappa shape index (κ3) is 1.80. The highest BCUT2D eigenvalue weighted by Crippen LogP contribution is 2.34. The van der Waals surface area contributed by atoms with Gasteiger partial charge in [-0.2, -0.15) is 5.26 Å². The first-order chi connectivity index (χ1) is 7.02. The average Bonchev–Trinajstić information content (AvgIpc) is 2.54. The molecule has 7 heteroatoms. The minimum Gasteiger partial charge on any atom is -0.465 e. The first kappa shape index (κ1) is 11.1. The van der Waals surface area contributed by atoms with Crippen LogP contribution in [0.5, 0.6) is 0 Å². The first-order valence-corrected chi connectivity index (χ1v) is 4.60. The summed E-state index contributed by atoms with van der Waals surface area (Å²) in [5.41, 5.74) is -0.244. The number of nitrogens with zero attached hydrogens (tertiary/aromatic N) is 2. The molecular weight excluding hydrogens is 220 g/mol. The van der Waals surface area contributed by atoms with Crippen molar-refractivity contribution in [2.45, 2.75) is 6.92 Å². The summed E-state index contributed by atoms with van der Waals surface area (Å²) in [6.07, 6.45) is 0. The van der Waals surface area contributed by atoms with Gasteiger partial charge in [-0.05, 0) is 6.92 Å². The molecule has 78 valence electrons. The number of carbonyl (C=O) groups excluding carboxylic acids is 1. The van der Waals surface area contributed by atoms with Crippen molar-refractivity contribution in [3.63, 3.8) is 0 Å². The van der Waals surface area contributed by atoms with Gasteiger partial charge >= 0.3 is 11.0 Å². The Hall–Kier alpha value is -1.94. The van der Waals surface area contributed by atoms with Gasteiger partial charge in [-0.1, -0.05) is 11.3 Å². The maximum Gasteiger partial charge on any atom is 0.347 e. The van der Waals surface area contributed by atoms with Crippen LogP contribution in [0.4, 0.5) is 5.00 Å². The van der Waals surface area contributed by atoms with E-state index in [2.05, 4.69) is 4.74 Å². The second-order valence-corrected chi connectivity index (χ2v) is 3.78. The molecule has 0 saturated carbocycles. The van der Waals surface area contributed by atoms with Crippen molar-refractivity contribution in [2.24, 2.45) is 0 Å². The summed E-state index contributed by atoms with van der Waals surface area (Å²) >= 11 is 0.795. The van der Waals surface area contributed by atoms with E-state index in [1.165, 1.54) is 0 Å². The lowest BCUT2D eigenvalue weighted by atomic mass is 10.1. The Morgan fingerprint density at radius 2 is 2.27 bits per heavy atom. The molecule has 1 rings (SSSR count). The molecule has 1 aromatic heterocycles. The summed E-state index contributed by atoms with van der Waals surface area (Å²) < 4.78 is 4.40. The number of esters is 1. The van der Waals surface area contributed by atoms with Crippen molar-refractivity contribution >= 4 is 22.3 Å². The number of methoxy groups -OCH3 is 1. The first-order valence-electron chi connectivity index (χ1n) is 3.79. The van der Waals surface area contributed by atoms with Crippen LogP contribution in [-0.2, 0) is 4.74 Å². The highest BCUT2D eigenvalue weighted by molar-refractivity contribution is 7.15. The lowest BCUT2D eigenvalue weighted by Crippen LogP contribution is -2.05. The Labute approximate surface area is 88.9 Å². The zero-order valence-corrected chi connectivity index (χ0v) is 8.75. The Morgan fingerprint density at radius 3 is 2.67 bits per heavy atom. The fourth-order valence-corrected chi connectivity index (χ4v) is 1.99. The number of ether oxygens (including phenoxy) is 1. The topological polar surface area (TPSA) is 93.2 Å². The van der Waals surface area contributed by atoms with Gasteiger partial charge in [0.2, 0.25) is 0 Å². The van der Waals surface area contributed by atoms with Gasteiger partial charge in [0.1, 0.15) is 6.07 Å². The van der Waals surface area contributed by atoms with Gasteiger partial charge in [0.15, 0.2) is 5.56 Å². The van der Waals surface area contributed by atoms with E-state index in [9.17, 15) is 14.9 Å². The summed E-state index contributed by atoms with van der Waals surface area (Å²) in [5, 5.41) is 19.0. The monoisotopic (exact) mass is 226 g/mol. The van der Waals surface area contributed by atoms with E-state index >= 15 is 0 Å². The lowest BCUT2D eigenvalue weighted by molar-refractivity contribution is -0.380. The van der Waals surface area contributed by atoms with Gasteiger partial charge in [0.05, 0.1) is 17.6 Å². The Bertz CT molecular complexity index is 472. The third-order valence-corrected chi connectivity index (χ3v) is 2.79. The molecule has 0 amide bonds. The number of thiophene rings is 1. The largest absolute Gasteiger partial charge is 0.465 e. The normalized spacial score (nSPS) is 9.40. The molecule has 0 unspecified atom stereocenters. The Kier molecular flexibility index (Phi) is 3.01. The second-order valence-electron chi connectivity index (χ2n) is 2.57. The van der Waals surface area contributed by atoms with E-state index in [0.29, 0.717) is 4.88 Å². The van der Waals surface area contributed by atoms with Gasteiger partial charge < -0.3 is 4.74 Å². The summed E-state index contributed by atoms with van der Waals surface area (Å²) in [4.78, 5) is 21.6.